The monoisotopic (exact) mass is 237 g/mol. The van der Waals surface area contributed by atoms with Crippen molar-refractivity contribution in [2.75, 3.05) is 38.3 Å². The van der Waals surface area contributed by atoms with Crippen LogP contribution in [-0.4, -0.2) is 38.2 Å². The summed E-state index contributed by atoms with van der Waals surface area (Å²) in [5, 5.41) is 2.63. The van der Waals surface area contributed by atoms with E-state index in [0.717, 1.165) is 13.0 Å². The van der Waals surface area contributed by atoms with E-state index in [-0.39, 0.29) is 0 Å². The van der Waals surface area contributed by atoms with Gasteiger partial charge in [-0.2, -0.15) is 0 Å². The first-order valence-electron chi connectivity index (χ1n) is 5.52. The Balaban J connectivity index is 2.23. The van der Waals surface area contributed by atoms with Gasteiger partial charge in [0, 0.05) is 17.9 Å². The lowest BCUT2D eigenvalue weighted by molar-refractivity contribution is 0.156. The molecular weight excluding hydrogens is 218 g/mol. The maximum absolute atomic E-state index is 11.4. The first-order valence-corrected chi connectivity index (χ1v) is 5.52. The van der Waals surface area contributed by atoms with Gasteiger partial charge < -0.3 is 15.4 Å². The lowest BCUT2D eigenvalue weighted by Gasteiger charge is -2.10. The van der Waals surface area contributed by atoms with Crippen LogP contribution in [-0.2, 0) is 4.74 Å². The Labute approximate surface area is 102 Å². The number of anilines is 2. The molecule has 0 bridgehead atoms. The molecular formula is C12H19N3O2. The lowest BCUT2D eigenvalue weighted by atomic mass is 10.3. The Kier molecular flexibility index (Phi) is 5.29. The van der Waals surface area contributed by atoms with Crippen molar-refractivity contribution in [1.82, 2.24) is 4.90 Å². The van der Waals surface area contributed by atoms with E-state index in [2.05, 4.69) is 5.32 Å². The van der Waals surface area contributed by atoms with E-state index in [1.807, 2.05) is 19.0 Å². The molecule has 0 spiro atoms. The van der Waals surface area contributed by atoms with Gasteiger partial charge in [0.25, 0.3) is 0 Å². The smallest absolute Gasteiger partial charge is 0.411 e. The fourth-order valence-electron chi connectivity index (χ4n) is 1.27. The van der Waals surface area contributed by atoms with Gasteiger partial charge >= 0.3 is 6.09 Å². The summed E-state index contributed by atoms with van der Waals surface area (Å²) in [4.78, 5) is 13.4. The topological polar surface area (TPSA) is 67.6 Å². The molecule has 1 aromatic carbocycles. The quantitative estimate of drug-likeness (QED) is 0.605. The molecule has 0 aliphatic carbocycles. The van der Waals surface area contributed by atoms with Crippen LogP contribution < -0.4 is 11.1 Å². The summed E-state index contributed by atoms with van der Waals surface area (Å²) in [6.45, 7) is 1.31. The number of nitrogens with two attached hydrogens (primary N) is 1. The molecule has 3 N–H and O–H groups in total. The third-order valence-corrected chi connectivity index (χ3v) is 2.14. The third kappa shape index (κ3) is 5.77. The maximum Gasteiger partial charge on any atom is 0.411 e. The number of hydrogen-bond donors (Lipinski definition) is 2. The molecule has 0 aliphatic rings. The van der Waals surface area contributed by atoms with E-state index >= 15 is 0 Å². The second-order valence-corrected chi connectivity index (χ2v) is 4.04. The maximum atomic E-state index is 11.4. The Morgan fingerprint density at radius 2 is 2.00 bits per heavy atom. The van der Waals surface area contributed by atoms with E-state index in [1.54, 1.807) is 24.3 Å². The molecule has 0 atom stereocenters. The Hall–Kier alpha value is -1.75. The highest BCUT2D eigenvalue weighted by molar-refractivity contribution is 5.84. The van der Waals surface area contributed by atoms with Gasteiger partial charge in [-0.05, 0) is 44.8 Å². The van der Waals surface area contributed by atoms with Crippen LogP contribution in [0.15, 0.2) is 24.3 Å². The summed E-state index contributed by atoms with van der Waals surface area (Å²) in [6.07, 6.45) is 0.385. The summed E-state index contributed by atoms with van der Waals surface area (Å²) >= 11 is 0. The fourth-order valence-corrected chi connectivity index (χ4v) is 1.27. The zero-order valence-electron chi connectivity index (χ0n) is 10.3. The molecule has 1 rings (SSSR count). The average Bonchev–Trinajstić information content (AvgIpc) is 2.27. The highest BCUT2D eigenvalue weighted by Gasteiger charge is 2.02. The molecule has 0 fully saturated rings. The molecule has 5 heteroatoms. The Morgan fingerprint density at radius 1 is 1.35 bits per heavy atom. The van der Waals surface area contributed by atoms with Gasteiger partial charge in [-0.25, -0.2) is 4.79 Å². The number of nitrogen functional groups attached to an aromatic ring is 1. The SMILES string of the molecule is CN(C)CCCOC(=O)Nc1ccc(N)cc1. The zero-order valence-corrected chi connectivity index (χ0v) is 10.3. The van der Waals surface area contributed by atoms with Crippen molar-refractivity contribution in [2.24, 2.45) is 0 Å². The van der Waals surface area contributed by atoms with Crippen LogP contribution in [0.2, 0.25) is 0 Å². The van der Waals surface area contributed by atoms with Crippen molar-refractivity contribution in [2.45, 2.75) is 6.42 Å². The minimum Gasteiger partial charge on any atom is -0.449 e. The zero-order chi connectivity index (χ0) is 12.7. The number of nitrogens with one attached hydrogen (secondary N) is 1. The van der Waals surface area contributed by atoms with E-state index in [4.69, 9.17) is 10.5 Å². The molecule has 17 heavy (non-hydrogen) atoms. The molecule has 0 aliphatic heterocycles. The molecule has 0 unspecified atom stereocenters. The summed E-state index contributed by atoms with van der Waals surface area (Å²) in [7, 11) is 3.96. The van der Waals surface area contributed by atoms with Gasteiger partial charge in [0.15, 0.2) is 0 Å². The van der Waals surface area contributed by atoms with E-state index in [0.29, 0.717) is 18.0 Å². The van der Waals surface area contributed by atoms with Crippen molar-refractivity contribution in [3.05, 3.63) is 24.3 Å². The molecule has 0 saturated carbocycles. The summed E-state index contributed by atoms with van der Waals surface area (Å²) in [5.41, 5.74) is 6.87. The van der Waals surface area contributed by atoms with Gasteiger partial charge in [-0.1, -0.05) is 0 Å². The minimum absolute atomic E-state index is 0.416. The number of rotatable bonds is 5. The van der Waals surface area contributed by atoms with Gasteiger partial charge in [-0.15, -0.1) is 0 Å². The number of benzene rings is 1. The van der Waals surface area contributed by atoms with Crippen LogP contribution in [0.3, 0.4) is 0 Å². The number of carbonyl (C=O) groups excluding carboxylic acids is 1. The normalized spacial score (nSPS) is 10.3. The summed E-state index contributed by atoms with van der Waals surface area (Å²) in [5.74, 6) is 0. The average molecular weight is 237 g/mol. The predicted octanol–water partition coefficient (Wildman–Crippen LogP) is 1.77. The predicted molar refractivity (Wildman–Crippen MR) is 69.0 cm³/mol. The Morgan fingerprint density at radius 3 is 2.59 bits per heavy atom. The van der Waals surface area contributed by atoms with E-state index in [9.17, 15) is 4.79 Å². The number of ether oxygens (including phenoxy) is 1. The molecule has 94 valence electrons. The van der Waals surface area contributed by atoms with Crippen LogP contribution in [0.1, 0.15) is 6.42 Å². The molecule has 0 saturated heterocycles. The van der Waals surface area contributed by atoms with E-state index < -0.39 is 6.09 Å². The van der Waals surface area contributed by atoms with Crippen molar-refractivity contribution in [3.8, 4) is 0 Å². The first-order chi connectivity index (χ1) is 8.08. The Bertz CT molecular complexity index is 349. The van der Waals surface area contributed by atoms with Gasteiger partial charge in [-0.3, -0.25) is 5.32 Å². The first kappa shape index (κ1) is 13.3. The van der Waals surface area contributed by atoms with Crippen molar-refractivity contribution < 1.29 is 9.53 Å². The van der Waals surface area contributed by atoms with Crippen LogP contribution >= 0.6 is 0 Å². The molecule has 1 aromatic rings. The van der Waals surface area contributed by atoms with Crippen molar-refractivity contribution in [3.63, 3.8) is 0 Å². The van der Waals surface area contributed by atoms with Crippen LogP contribution in [0.5, 0.6) is 0 Å². The van der Waals surface area contributed by atoms with Gasteiger partial charge in [0.05, 0.1) is 6.61 Å². The fraction of sp³-hybridized carbons (Fsp3) is 0.417. The number of amides is 1. The lowest BCUT2D eigenvalue weighted by Crippen LogP contribution is -2.18. The molecule has 5 nitrogen and oxygen atoms in total. The largest absolute Gasteiger partial charge is 0.449 e. The second kappa shape index (κ2) is 6.75. The molecule has 0 radical (unpaired) electrons. The minimum atomic E-state index is -0.437. The standard InChI is InChI=1S/C12H19N3O2/c1-15(2)8-3-9-17-12(16)14-11-6-4-10(13)5-7-11/h4-7H,3,8-9,13H2,1-2H3,(H,14,16). The summed E-state index contributed by atoms with van der Waals surface area (Å²) in [6, 6.07) is 6.91. The number of hydrogen-bond acceptors (Lipinski definition) is 4. The summed E-state index contributed by atoms with van der Waals surface area (Å²) < 4.78 is 5.02. The molecule has 1 amide bonds. The third-order valence-electron chi connectivity index (χ3n) is 2.14. The number of carbonyl (C=O) groups is 1. The molecule has 0 aromatic heterocycles. The molecule has 0 heterocycles. The van der Waals surface area contributed by atoms with Crippen LogP contribution in [0, 0.1) is 0 Å². The second-order valence-electron chi connectivity index (χ2n) is 4.04. The van der Waals surface area contributed by atoms with Crippen molar-refractivity contribution >= 4 is 17.5 Å². The van der Waals surface area contributed by atoms with Gasteiger partial charge in [0.2, 0.25) is 0 Å². The highest BCUT2D eigenvalue weighted by Crippen LogP contribution is 2.10. The van der Waals surface area contributed by atoms with E-state index in [1.165, 1.54) is 0 Å². The highest BCUT2D eigenvalue weighted by atomic mass is 16.5. The van der Waals surface area contributed by atoms with Crippen molar-refractivity contribution in [1.29, 1.82) is 0 Å². The number of nitrogens with zero attached hydrogens (tertiary/aromatic N) is 1. The van der Waals surface area contributed by atoms with Crippen LogP contribution in [0.4, 0.5) is 16.2 Å². The van der Waals surface area contributed by atoms with Crippen LogP contribution in [0.25, 0.3) is 0 Å². The van der Waals surface area contributed by atoms with Gasteiger partial charge in [0.1, 0.15) is 0 Å².